The summed E-state index contributed by atoms with van der Waals surface area (Å²) < 4.78 is 5.00. The summed E-state index contributed by atoms with van der Waals surface area (Å²) in [6.07, 6.45) is 7.10. The molecule has 0 aromatic carbocycles. The fraction of sp³-hybridized carbons (Fsp3) is 0.571. The number of nitrogens with one attached hydrogen (secondary N) is 1. The molecule has 1 heterocycles. The monoisotopic (exact) mass is 298 g/mol. The second kappa shape index (κ2) is 6.79. The fourth-order valence-corrected chi connectivity index (χ4v) is 2.63. The largest absolute Gasteiger partial charge is 0.451 e. The van der Waals surface area contributed by atoms with E-state index in [0.29, 0.717) is 5.02 Å². The van der Waals surface area contributed by atoms with Crippen LogP contribution in [0.1, 0.15) is 42.6 Å². The zero-order chi connectivity index (χ0) is 14.5. The van der Waals surface area contributed by atoms with Gasteiger partial charge in [0.15, 0.2) is 6.61 Å². The molecule has 5 nitrogen and oxygen atoms in total. The third kappa shape index (κ3) is 3.76. The maximum Gasteiger partial charge on any atom is 0.355 e. The van der Waals surface area contributed by atoms with E-state index >= 15 is 0 Å². The van der Waals surface area contributed by atoms with Crippen LogP contribution in [0, 0.1) is 0 Å². The molecule has 1 aromatic heterocycles. The van der Waals surface area contributed by atoms with Crippen molar-refractivity contribution >= 4 is 23.5 Å². The molecule has 0 unspecified atom stereocenters. The SMILES string of the molecule is CN(C(=O)COC(=O)c1cc(Cl)c[nH]1)C1CCCCC1. The molecule has 0 atom stereocenters. The van der Waals surface area contributed by atoms with E-state index < -0.39 is 5.97 Å². The Morgan fingerprint density at radius 3 is 2.70 bits per heavy atom. The average Bonchev–Trinajstić information content (AvgIpc) is 2.91. The van der Waals surface area contributed by atoms with Crippen LogP contribution in [0.5, 0.6) is 0 Å². The number of amides is 1. The van der Waals surface area contributed by atoms with Gasteiger partial charge in [-0.05, 0) is 18.9 Å². The lowest BCUT2D eigenvalue weighted by Gasteiger charge is -2.31. The van der Waals surface area contributed by atoms with Crippen molar-refractivity contribution in [2.75, 3.05) is 13.7 Å². The van der Waals surface area contributed by atoms with Crippen LogP contribution in [0.3, 0.4) is 0 Å². The van der Waals surface area contributed by atoms with Crippen LogP contribution in [-0.2, 0) is 9.53 Å². The van der Waals surface area contributed by atoms with Gasteiger partial charge in [0.1, 0.15) is 5.69 Å². The van der Waals surface area contributed by atoms with Crippen LogP contribution in [-0.4, -0.2) is 41.5 Å². The molecule has 2 rings (SSSR count). The number of H-pyrrole nitrogens is 1. The van der Waals surface area contributed by atoms with Crippen LogP contribution in [0.2, 0.25) is 5.02 Å². The minimum atomic E-state index is -0.567. The number of nitrogens with zero attached hydrogens (tertiary/aromatic N) is 1. The van der Waals surface area contributed by atoms with Crippen molar-refractivity contribution in [2.24, 2.45) is 0 Å². The van der Waals surface area contributed by atoms with Gasteiger partial charge < -0.3 is 14.6 Å². The lowest BCUT2D eigenvalue weighted by molar-refractivity contribution is -0.135. The first-order chi connectivity index (χ1) is 9.58. The highest BCUT2D eigenvalue weighted by Crippen LogP contribution is 2.21. The Balaban J connectivity index is 1.80. The molecule has 0 bridgehead atoms. The summed E-state index contributed by atoms with van der Waals surface area (Å²) in [5, 5.41) is 0.433. The number of carbonyl (C=O) groups excluding carboxylic acids is 2. The van der Waals surface area contributed by atoms with Gasteiger partial charge in [-0.25, -0.2) is 4.79 Å². The summed E-state index contributed by atoms with van der Waals surface area (Å²) in [6.45, 7) is -0.234. The molecular formula is C14H19ClN2O3. The molecule has 1 aliphatic rings. The Hall–Kier alpha value is -1.49. The van der Waals surface area contributed by atoms with Crippen molar-refractivity contribution in [1.29, 1.82) is 0 Å². The highest BCUT2D eigenvalue weighted by atomic mass is 35.5. The number of halogens is 1. The van der Waals surface area contributed by atoms with Gasteiger partial charge in [0.25, 0.3) is 5.91 Å². The lowest BCUT2D eigenvalue weighted by Crippen LogP contribution is -2.40. The first kappa shape index (κ1) is 14.9. The number of hydrogen-bond acceptors (Lipinski definition) is 3. The molecule has 1 fully saturated rings. The van der Waals surface area contributed by atoms with Crippen molar-refractivity contribution in [3.63, 3.8) is 0 Å². The van der Waals surface area contributed by atoms with Gasteiger partial charge in [0, 0.05) is 19.3 Å². The number of hydrogen-bond donors (Lipinski definition) is 1. The predicted molar refractivity (Wildman–Crippen MR) is 75.7 cm³/mol. The van der Waals surface area contributed by atoms with E-state index in [1.807, 2.05) is 0 Å². The van der Waals surface area contributed by atoms with Crippen molar-refractivity contribution < 1.29 is 14.3 Å². The second-order valence-corrected chi connectivity index (χ2v) is 5.54. The van der Waals surface area contributed by atoms with Gasteiger partial charge in [-0.3, -0.25) is 4.79 Å². The van der Waals surface area contributed by atoms with E-state index in [9.17, 15) is 9.59 Å². The number of esters is 1. The summed E-state index contributed by atoms with van der Waals surface area (Å²) >= 11 is 5.70. The van der Waals surface area contributed by atoms with E-state index in [-0.39, 0.29) is 24.2 Å². The standard InChI is InChI=1S/C14H19ClN2O3/c1-17(11-5-3-2-4-6-11)13(18)9-20-14(19)12-7-10(15)8-16-12/h7-8,11,16H,2-6,9H2,1H3. The number of rotatable bonds is 4. The quantitative estimate of drug-likeness (QED) is 0.869. The topological polar surface area (TPSA) is 62.4 Å². The third-order valence-electron chi connectivity index (χ3n) is 3.71. The molecule has 0 saturated heterocycles. The first-order valence-corrected chi connectivity index (χ1v) is 7.22. The molecule has 1 aliphatic carbocycles. The smallest absolute Gasteiger partial charge is 0.355 e. The maximum absolute atomic E-state index is 12.0. The fourth-order valence-electron chi connectivity index (χ4n) is 2.46. The van der Waals surface area contributed by atoms with Crippen molar-refractivity contribution in [3.8, 4) is 0 Å². The summed E-state index contributed by atoms with van der Waals surface area (Å²) in [4.78, 5) is 28.1. The Morgan fingerprint density at radius 2 is 2.10 bits per heavy atom. The molecule has 6 heteroatoms. The van der Waals surface area contributed by atoms with Crippen molar-refractivity contribution in [1.82, 2.24) is 9.88 Å². The number of ether oxygens (including phenoxy) is 1. The third-order valence-corrected chi connectivity index (χ3v) is 3.93. The summed E-state index contributed by atoms with van der Waals surface area (Å²) in [7, 11) is 1.78. The zero-order valence-corrected chi connectivity index (χ0v) is 12.3. The first-order valence-electron chi connectivity index (χ1n) is 6.84. The molecule has 110 valence electrons. The molecule has 1 saturated carbocycles. The number of aromatic amines is 1. The minimum absolute atomic E-state index is 0.164. The van der Waals surface area contributed by atoms with Crippen LogP contribution >= 0.6 is 11.6 Å². The van der Waals surface area contributed by atoms with Gasteiger partial charge >= 0.3 is 5.97 Å². The predicted octanol–water partition coefficient (Wildman–Crippen LogP) is 2.62. The van der Waals surface area contributed by atoms with Gasteiger partial charge in [0.2, 0.25) is 0 Å². The Labute approximate surface area is 123 Å². The molecular weight excluding hydrogens is 280 g/mol. The van der Waals surface area contributed by atoms with Gasteiger partial charge in [-0.1, -0.05) is 30.9 Å². The van der Waals surface area contributed by atoms with Crippen molar-refractivity contribution in [2.45, 2.75) is 38.1 Å². The average molecular weight is 299 g/mol. The van der Waals surface area contributed by atoms with E-state index in [1.54, 1.807) is 11.9 Å². The second-order valence-electron chi connectivity index (χ2n) is 5.10. The van der Waals surface area contributed by atoms with Crippen molar-refractivity contribution in [3.05, 3.63) is 23.0 Å². The Bertz CT molecular complexity index is 481. The van der Waals surface area contributed by atoms with Crippen LogP contribution < -0.4 is 0 Å². The number of aromatic nitrogens is 1. The summed E-state index contributed by atoms with van der Waals surface area (Å²) in [6, 6.07) is 1.74. The molecule has 0 radical (unpaired) electrons. The number of carbonyl (C=O) groups is 2. The maximum atomic E-state index is 12.0. The highest BCUT2D eigenvalue weighted by Gasteiger charge is 2.23. The molecule has 1 amide bonds. The van der Waals surface area contributed by atoms with Crippen LogP contribution in [0.25, 0.3) is 0 Å². The van der Waals surface area contributed by atoms with E-state index in [4.69, 9.17) is 16.3 Å². The molecule has 0 aliphatic heterocycles. The van der Waals surface area contributed by atoms with Gasteiger partial charge in [0.05, 0.1) is 5.02 Å². The molecule has 0 spiro atoms. The minimum Gasteiger partial charge on any atom is -0.451 e. The lowest BCUT2D eigenvalue weighted by atomic mass is 9.94. The van der Waals surface area contributed by atoms with Gasteiger partial charge in [-0.15, -0.1) is 0 Å². The molecule has 1 aromatic rings. The summed E-state index contributed by atoms with van der Waals surface area (Å²) in [5.41, 5.74) is 0.253. The highest BCUT2D eigenvalue weighted by molar-refractivity contribution is 6.30. The Kier molecular flexibility index (Phi) is 5.06. The van der Waals surface area contributed by atoms with E-state index in [0.717, 1.165) is 25.7 Å². The molecule has 1 N–H and O–H groups in total. The normalized spacial score (nSPS) is 15.9. The van der Waals surface area contributed by atoms with E-state index in [2.05, 4.69) is 4.98 Å². The van der Waals surface area contributed by atoms with E-state index in [1.165, 1.54) is 18.7 Å². The zero-order valence-electron chi connectivity index (χ0n) is 11.5. The Morgan fingerprint density at radius 1 is 1.40 bits per heavy atom. The number of likely N-dealkylation sites (N-methyl/N-ethyl adjacent to an activating group) is 1. The summed E-state index contributed by atoms with van der Waals surface area (Å²) in [5.74, 6) is -0.731. The van der Waals surface area contributed by atoms with Crippen LogP contribution in [0.15, 0.2) is 12.3 Å². The molecule has 20 heavy (non-hydrogen) atoms. The van der Waals surface area contributed by atoms with Gasteiger partial charge in [-0.2, -0.15) is 0 Å². The van der Waals surface area contributed by atoms with Crippen LogP contribution in [0.4, 0.5) is 0 Å².